The second-order valence-electron chi connectivity index (χ2n) is 7.79. The van der Waals surface area contributed by atoms with Gasteiger partial charge in [0, 0.05) is 18.5 Å². The lowest BCUT2D eigenvalue weighted by Crippen LogP contribution is -2.46. The third-order valence-electron chi connectivity index (χ3n) is 5.73. The van der Waals surface area contributed by atoms with Crippen molar-refractivity contribution in [2.24, 2.45) is 0 Å². The molecular formula is C21H25FN6O2. The fourth-order valence-electron chi connectivity index (χ4n) is 3.89. The van der Waals surface area contributed by atoms with Crippen molar-refractivity contribution in [3.63, 3.8) is 0 Å². The smallest absolute Gasteiger partial charge is 0.169 e. The van der Waals surface area contributed by atoms with Gasteiger partial charge in [-0.25, -0.2) is 18.9 Å². The zero-order chi connectivity index (χ0) is 20.7. The van der Waals surface area contributed by atoms with Gasteiger partial charge in [-0.05, 0) is 37.9 Å². The predicted octanol–water partition coefficient (Wildman–Crippen LogP) is 2.80. The van der Waals surface area contributed by atoms with Gasteiger partial charge in [-0.15, -0.1) is 0 Å². The molecule has 1 saturated heterocycles. The molecule has 0 aromatic carbocycles. The van der Waals surface area contributed by atoms with Gasteiger partial charge in [0.05, 0.1) is 32.2 Å². The molecule has 0 bridgehead atoms. The highest BCUT2D eigenvalue weighted by atomic mass is 19.1. The van der Waals surface area contributed by atoms with E-state index < -0.39 is 6.17 Å². The first-order valence-corrected chi connectivity index (χ1v) is 10.3. The number of rotatable bonds is 6. The van der Waals surface area contributed by atoms with Gasteiger partial charge in [-0.1, -0.05) is 0 Å². The van der Waals surface area contributed by atoms with Crippen LogP contribution in [-0.2, 0) is 0 Å². The summed E-state index contributed by atoms with van der Waals surface area (Å²) in [7, 11) is 3.24. The molecule has 4 heterocycles. The SMILES string of the molecule is COc1ccc(-c2cnc3cc(OC)c(C4CC4)nn23)nc1NC1CNCCC1F. The van der Waals surface area contributed by atoms with Gasteiger partial charge in [-0.2, -0.15) is 5.10 Å². The molecule has 0 radical (unpaired) electrons. The van der Waals surface area contributed by atoms with E-state index in [1.807, 2.05) is 18.2 Å². The lowest BCUT2D eigenvalue weighted by molar-refractivity contribution is 0.240. The summed E-state index contributed by atoms with van der Waals surface area (Å²) in [6.07, 6.45) is 3.52. The third-order valence-corrected chi connectivity index (χ3v) is 5.73. The standard InChI is InChI=1S/C21H25FN6O2/c1-29-17-6-5-14(25-21(17)26-15-10-23-8-7-13(15)22)16-11-24-19-9-18(30-2)20(12-3-4-12)27-28(16)19/h5-6,9,11-13,15,23H,3-4,7-8,10H2,1-2H3,(H,25,26). The van der Waals surface area contributed by atoms with E-state index in [-0.39, 0.29) is 6.04 Å². The number of nitrogens with zero attached hydrogens (tertiary/aromatic N) is 4. The van der Waals surface area contributed by atoms with Crippen LogP contribution in [0.15, 0.2) is 24.4 Å². The van der Waals surface area contributed by atoms with Crippen LogP contribution in [-0.4, -0.2) is 59.1 Å². The summed E-state index contributed by atoms with van der Waals surface area (Å²) < 4.78 is 27.1. The van der Waals surface area contributed by atoms with Gasteiger partial charge in [-0.3, -0.25) is 0 Å². The van der Waals surface area contributed by atoms with Gasteiger partial charge < -0.3 is 20.1 Å². The van der Waals surface area contributed by atoms with E-state index in [2.05, 4.69) is 15.6 Å². The molecule has 2 fully saturated rings. The Hall–Kier alpha value is -2.94. The molecule has 2 unspecified atom stereocenters. The minimum Gasteiger partial charge on any atom is -0.495 e. The van der Waals surface area contributed by atoms with Crippen LogP contribution in [0, 0.1) is 0 Å². The van der Waals surface area contributed by atoms with Gasteiger partial charge in [0.25, 0.3) is 0 Å². The number of alkyl halides is 1. The molecule has 1 aliphatic heterocycles. The van der Waals surface area contributed by atoms with Crippen LogP contribution in [0.2, 0.25) is 0 Å². The highest BCUT2D eigenvalue weighted by molar-refractivity contribution is 5.65. The van der Waals surface area contributed by atoms with E-state index in [0.29, 0.717) is 48.3 Å². The van der Waals surface area contributed by atoms with Crippen LogP contribution in [0.1, 0.15) is 30.9 Å². The number of fused-ring (bicyclic) bond motifs is 1. The fraction of sp³-hybridized carbons (Fsp3) is 0.476. The Morgan fingerprint density at radius 2 is 2.00 bits per heavy atom. The fourth-order valence-corrected chi connectivity index (χ4v) is 3.89. The van der Waals surface area contributed by atoms with E-state index in [9.17, 15) is 4.39 Å². The van der Waals surface area contributed by atoms with E-state index in [0.717, 1.165) is 30.0 Å². The molecule has 1 aliphatic carbocycles. The van der Waals surface area contributed by atoms with Crippen LogP contribution in [0.25, 0.3) is 17.0 Å². The average Bonchev–Trinajstić information content (AvgIpc) is 3.54. The lowest BCUT2D eigenvalue weighted by atomic mass is 10.1. The molecule has 3 aromatic heterocycles. The molecule has 1 saturated carbocycles. The molecule has 158 valence electrons. The van der Waals surface area contributed by atoms with Crippen molar-refractivity contribution in [3.05, 3.63) is 30.1 Å². The first kappa shape index (κ1) is 19.0. The molecule has 2 aliphatic rings. The number of piperidine rings is 1. The topological polar surface area (TPSA) is 85.6 Å². The number of pyridine rings is 1. The number of imidazole rings is 1. The average molecular weight is 412 g/mol. The number of nitrogens with one attached hydrogen (secondary N) is 2. The first-order valence-electron chi connectivity index (χ1n) is 10.3. The van der Waals surface area contributed by atoms with Crippen LogP contribution < -0.4 is 20.1 Å². The first-order chi connectivity index (χ1) is 14.7. The summed E-state index contributed by atoms with van der Waals surface area (Å²) in [6.45, 7) is 1.22. The van der Waals surface area contributed by atoms with Crippen molar-refractivity contribution in [2.45, 2.75) is 37.4 Å². The van der Waals surface area contributed by atoms with Crippen molar-refractivity contribution in [2.75, 3.05) is 32.6 Å². The summed E-state index contributed by atoms with van der Waals surface area (Å²) in [5.74, 6) is 2.28. The van der Waals surface area contributed by atoms with Gasteiger partial charge >= 0.3 is 0 Å². The molecule has 3 aromatic rings. The summed E-state index contributed by atoms with van der Waals surface area (Å²) in [5, 5.41) is 11.2. The number of hydrogen-bond acceptors (Lipinski definition) is 7. The molecule has 9 heteroatoms. The molecule has 30 heavy (non-hydrogen) atoms. The maximum atomic E-state index is 14.3. The van der Waals surface area contributed by atoms with Crippen LogP contribution in [0.5, 0.6) is 11.5 Å². The molecule has 8 nitrogen and oxygen atoms in total. The summed E-state index contributed by atoms with van der Waals surface area (Å²) >= 11 is 0. The second-order valence-corrected chi connectivity index (χ2v) is 7.79. The van der Waals surface area contributed by atoms with Crippen molar-refractivity contribution >= 4 is 11.5 Å². The molecule has 0 amide bonds. The predicted molar refractivity (Wildman–Crippen MR) is 111 cm³/mol. The Morgan fingerprint density at radius 1 is 1.17 bits per heavy atom. The molecule has 2 atom stereocenters. The maximum absolute atomic E-state index is 14.3. The number of halogens is 1. The largest absolute Gasteiger partial charge is 0.495 e. The Morgan fingerprint density at radius 3 is 2.73 bits per heavy atom. The Labute approximate surface area is 173 Å². The van der Waals surface area contributed by atoms with E-state index in [1.54, 1.807) is 24.9 Å². The Kier molecular flexibility index (Phi) is 4.90. The molecule has 2 N–H and O–H groups in total. The van der Waals surface area contributed by atoms with Crippen molar-refractivity contribution < 1.29 is 13.9 Å². The zero-order valence-electron chi connectivity index (χ0n) is 17.1. The number of ether oxygens (including phenoxy) is 2. The van der Waals surface area contributed by atoms with Crippen molar-refractivity contribution in [3.8, 4) is 22.9 Å². The molecular weight excluding hydrogens is 387 g/mol. The van der Waals surface area contributed by atoms with Crippen molar-refractivity contribution in [1.29, 1.82) is 0 Å². The van der Waals surface area contributed by atoms with Crippen LogP contribution in [0.4, 0.5) is 10.2 Å². The summed E-state index contributed by atoms with van der Waals surface area (Å²) in [6, 6.07) is 5.25. The molecule has 0 spiro atoms. The van der Waals surface area contributed by atoms with Gasteiger partial charge in [0.15, 0.2) is 17.2 Å². The quantitative estimate of drug-likeness (QED) is 0.644. The minimum atomic E-state index is -0.938. The van der Waals surface area contributed by atoms with E-state index in [1.165, 1.54) is 0 Å². The normalized spacial score (nSPS) is 21.6. The highest BCUT2D eigenvalue weighted by Crippen LogP contribution is 2.43. The number of methoxy groups -OCH3 is 2. The summed E-state index contributed by atoms with van der Waals surface area (Å²) in [4.78, 5) is 9.22. The lowest BCUT2D eigenvalue weighted by Gasteiger charge is -2.28. The second kappa shape index (κ2) is 7.71. The van der Waals surface area contributed by atoms with Crippen LogP contribution in [0.3, 0.4) is 0 Å². The van der Waals surface area contributed by atoms with E-state index in [4.69, 9.17) is 19.6 Å². The summed E-state index contributed by atoms with van der Waals surface area (Å²) in [5.41, 5.74) is 3.09. The number of anilines is 1. The van der Waals surface area contributed by atoms with Crippen LogP contribution >= 0.6 is 0 Å². The van der Waals surface area contributed by atoms with Gasteiger partial charge in [0.1, 0.15) is 23.3 Å². The Balaban J connectivity index is 1.53. The zero-order valence-corrected chi connectivity index (χ0v) is 17.1. The Bertz CT molecular complexity index is 1070. The number of aromatic nitrogens is 4. The minimum absolute atomic E-state index is 0.360. The number of hydrogen-bond donors (Lipinski definition) is 2. The van der Waals surface area contributed by atoms with Gasteiger partial charge in [0.2, 0.25) is 0 Å². The monoisotopic (exact) mass is 412 g/mol. The maximum Gasteiger partial charge on any atom is 0.169 e. The highest BCUT2D eigenvalue weighted by Gasteiger charge is 2.30. The van der Waals surface area contributed by atoms with E-state index >= 15 is 0 Å². The third kappa shape index (κ3) is 3.43. The van der Waals surface area contributed by atoms with Crippen molar-refractivity contribution in [1.82, 2.24) is 24.9 Å². The molecule has 5 rings (SSSR count).